The summed E-state index contributed by atoms with van der Waals surface area (Å²) in [4.78, 5) is 2.58. The van der Waals surface area contributed by atoms with Crippen molar-refractivity contribution in [2.75, 3.05) is 4.90 Å². The van der Waals surface area contributed by atoms with Gasteiger partial charge in [0.15, 0.2) is 0 Å². The van der Waals surface area contributed by atoms with Gasteiger partial charge in [-0.25, -0.2) is 0 Å². The van der Waals surface area contributed by atoms with E-state index in [1.807, 2.05) is 11.3 Å². The molecule has 64 heavy (non-hydrogen) atoms. The smallest absolute Gasteiger partial charge is 0.0726 e. The van der Waals surface area contributed by atoms with E-state index in [0.29, 0.717) is 0 Å². The van der Waals surface area contributed by atoms with E-state index in [4.69, 9.17) is 0 Å². The van der Waals surface area contributed by atoms with Crippen LogP contribution in [0.1, 0.15) is 44.5 Å². The first kappa shape index (κ1) is 34.8. The standard InChI is InChI=1S/C62H37NS/c1-8-23-49-40(16-1)41-17-2-9-24-50(41)61(49)53-27-12-5-20-44(53)46-34-32-38(36-55(46)61)63(57-29-15-31-59-60(57)48-22-7-14-30-58(48)64-59)39-33-35-47-45-21-6-13-28-54(45)62(56(47)37-39)51-25-10-3-18-42(51)43-19-4-11-26-52(43)62/h1-37H. The maximum absolute atomic E-state index is 2.58. The fraction of sp³-hybridized carbons (Fsp3) is 0.0323. The summed E-state index contributed by atoms with van der Waals surface area (Å²) in [5.41, 5.74) is 23.8. The summed E-state index contributed by atoms with van der Waals surface area (Å²) in [6.07, 6.45) is 0. The molecule has 0 bridgehead atoms. The maximum atomic E-state index is 2.58. The van der Waals surface area contributed by atoms with Crippen LogP contribution in [0.25, 0.3) is 64.7 Å². The second kappa shape index (κ2) is 12.4. The van der Waals surface area contributed by atoms with Gasteiger partial charge in [-0.2, -0.15) is 0 Å². The molecule has 11 aromatic rings. The van der Waals surface area contributed by atoms with Gasteiger partial charge in [-0.05, 0) is 131 Å². The number of anilines is 3. The SMILES string of the molecule is c1ccc2c(c1)-c1ccccc1C21c2ccccc2-c2ccc(N(c3ccc4c(c3)C3(c5ccccc5-c5ccccc53)c3ccccc3-4)c3cccc4sc5ccccc5c34)cc21. The van der Waals surface area contributed by atoms with Crippen molar-refractivity contribution in [3.05, 3.63) is 269 Å². The zero-order valence-corrected chi connectivity index (χ0v) is 35.5. The Kier molecular flexibility index (Phi) is 6.76. The van der Waals surface area contributed by atoms with Crippen LogP contribution < -0.4 is 4.90 Å². The monoisotopic (exact) mass is 827 g/mol. The van der Waals surface area contributed by atoms with Crippen LogP contribution in [0.5, 0.6) is 0 Å². The molecule has 1 aromatic heterocycles. The number of hydrogen-bond acceptors (Lipinski definition) is 2. The molecule has 296 valence electrons. The second-order valence-electron chi connectivity index (χ2n) is 17.8. The molecule has 0 amide bonds. The quantitative estimate of drug-likeness (QED) is 0.171. The van der Waals surface area contributed by atoms with Crippen LogP contribution in [0.3, 0.4) is 0 Å². The van der Waals surface area contributed by atoms with Gasteiger partial charge >= 0.3 is 0 Å². The second-order valence-corrected chi connectivity index (χ2v) is 18.9. The molecule has 0 atom stereocenters. The van der Waals surface area contributed by atoms with E-state index in [-0.39, 0.29) is 0 Å². The fourth-order valence-electron chi connectivity index (χ4n) is 12.8. The van der Waals surface area contributed by atoms with E-state index in [1.54, 1.807) is 0 Å². The fourth-order valence-corrected chi connectivity index (χ4v) is 13.9. The number of rotatable bonds is 3. The van der Waals surface area contributed by atoms with Crippen molar-refractivity contribution in [2.24, 2.45) is 0 Å². The summed E-state index contributed by atoms with van der Waals surface area (Å²) >= 11 is 1.88. The highest BCUT2D eigenvalue weighted by molar-refractivity contribution is 7.26. The third-order valence-corrected chi connectivity index (χ3v) is 16.2. The summed E-state index contributed by atoms with van der Waals surface area (Å²) in [5.74, 6) is 0. The van der Waals surface area contributed by atoms with Gasteiger partial charge in [-0.1, -0.05) is 182 Å². The van der Waals surface area contributed by atoms with Crippen LogP contribution >= 0.6 is 11.3 Å². The molecular formula is C62H37NS. The summed E-state index contributed by atoms with van der Waals surface area (Å²) in [5, 5.41) is 2.57. The predicted octanol–water partition coefficient (Wildman–Crippen LogP) is 16.2. The Morgan fingerprint density at radius 1 is 0.281 bits per heavy atom. The molecule has 2 heteroatoms. The summed E-state index contributed by atoms with van der Waals surface area (Å²) < 4.78 is 2.59. The molecular weight excluding hydrogens is 791 g/mol. The van der Waals surface area contributed by atoms with Gasteiger partial charge in [-0.15, -0.1) is 11.3 Å². The Hall–Kier alpha value is -7.78. The molecule has 0 fully saturated rings. The van der Waals surface area contributed by atoms with Gasteiger partial charge in [0.1, 0.15) is 0 Å². The highest BCUT2D eigenvalue weighted by Crippen LogP contribution is 2.65. The number of benzene rings is 10. The van der Waals surface area contributed by atoms with E-state index < -0.39 is 10.8 Å². The molecule has 0 saturated heterocycles. The number of hydrogen-bond donors (Lipinski definition) is 0. The van der Waals surface area contributed by atoms with Crippen LogP contribution in [-0.2, 0) is 10.8 Å². The van der Waals surface area contributed by atoms with Crippen LogP contribution in [0, 0.1) is 0 Å². The number of nitrogens with zero attached hydrogens (tertiary/aromatic N) is 1. The minimum Gasteiger partial charge on any atom is -0.310 e. The normalized spacial score (nSPS) is 14.5. The molecule has 2 spiro atoms. The van der Waals surface area contributed by atoms with Crippen molar-refractivity contribution in [2.45, 2.75) is 10.8 Å². The van der Waals surface area contributed by atoms with Gasteiger partial charge < -0.3 is 4.90 Å². The molecule has 0 aliphatic heterocycles. The molecule has 1 nitrogen and oxygen atoms in total. The van der Waals surface area contributed by atoms with E-state index in [2.05, 4.69) is 229 Å². The Balaban J connectivity index is 1.04. The van der Waals surface area contributed by atoms with E-state index in [1.165, 1.54) is 115 Å². The van der Waals surface area contributed by atoms with Crippen molar-refractivity contribution in [3.63, 3.8) is 0 Å². The average Bonchev–Trinajstić information content (AvgIpc) is 4.13. The highest BCUT2D eigenvalue weighted by atomic mass is 32.1. The Morgan fingerprint density at radius 3 is 1.05 bits per heavy atom. The maximum Gasteiger partial charge on any atom is 0.0726 e. The Morgan fingerprint density at radius 2 is 0.625 bits per heavy atom. The van der Waals surface area contributed by atoms with Crippen LogP contribution in [0.4, 0.5) is 17.1 Å². The minimum atomic E-state index is -0.456. The largest absolute Gasteiger partial charge is 0.310 e. The van der Waals surface area contributed by atoms with E-state index >= 15 is 0 Å². The Bertz CT molecular complexity index is 3510. The molecule has 0 N–H and O–H groups in total. The van der Waals surface area contributed by atoms with Crippen LogP contribution in [0.2, 0.25) is 0 Å². The Labute approximate surface area is 375 Å². The van der Waals surface area contributed by atoms with Gasteiger partial charge in [0, 0.05) is 31.5 Å². The molecule has 0 radical (unpaired) electrons. The first-order valence-corrected chi connectivity index (χ1v) is 23.2. The number of fused-ring (bicyclic) bond motifs is 23. The van der Waals surface area contributed by atoms with Crippen LogP contribution in [0.15, 0.2) is 224 Å². The first-order chi connectivity index (χ1) is 31.8. The summed E-state index contributed by atoms with van der Waals surface area (Å²) in [6.45, 7) is 0. The molecule has 4 aliphatic rings. The highest BCUT2D eigenvalue weighted by Gasteiger charge is 2.53. The molecule has 4 aliphatic carbocycles. The minimum absolute atomic E-state index is 0.456. The zero-order valence-electron chi connectivity index (χ0n) is 34.7. The van der Waals surface area contributed by atoms with Crippen molar-refractivity contribution >= 4 is 48.6 Å². The predicted molar refractivity (Wildman–Crippen MR) is 267 cm³/mol. The van der Waals surface area contributed by atoms with Gasteiger partial charge in [-0.3, -0.25) is 0 Å². The lowest BCUT2D eigenvalue weighted by atomic mass is 9.70. The third kappa shape index (κ3) is 4.11. The molecule has 0 unspecified atom stereocenters. The molecule has 15 rings (SSSR count). The molecule has 1 heterocycles. The zero-order chi connectivity index (χ0) is 41.7. The van der Waals surface area contributed by atoms with Crippen molar-refractivity contribution in [1.29, 1.82) is 0 Å². The third-order valence-electron chi connectivity index (χ3n) is 15.1. The van der Waals surface area contributed by atoms with Gasteiger partial charge in [0.25, 0.3) is 0 Å². The topological polar surface area (TPSA) is 3.24 Å². The van der Waals surface area contributed by atoms with Gasteiger partial charge in [0.2, 0.25) is 0 Å². The average molecular weight is 828 g/mol. The van der Waals surface area contributed by atoms with Crippen molar-refractivity contribution < 1.29 is 0 Å². The van der Waals surface area contributed by atoms with Gasteiger partial charge in [0.05, 0.1) is 16.5 Å². The molecule has 0 saturated carbocycles. The first-order valence-electron chi connectivity index (χ1n) is 22.3. The van der Waals surface area contributed by atoms with E-state index in [0.717, 1.165) is 11.4 Å². The summed E-state index contributed by atoms with van der Waals surface area (Å²) in [6, 6.07) is 85.2. The lowest BCUT2D eigenvalue weighted by molar-refractivity contribution is 0.792. The lowest BCUT2D eigenvalue weighted by Crippen LogP contribution is -2.26. The summed E-state index contributed by atoms with van der Waals surface area (Å²) in [7, 11) is 0. The van der Waals surface area contributed by atoms with Crippen molar-refractivity contribution in [3.8, 4) is 44.5 Å². The molecule has 10 aromatic carbocycles. The number of thiophene rings is 1. The van der Waals surface area contributed by atoms with E-state index in [9.17, 15) is 0 Å². The van der Waals surface area contributed by atoms with Crippen LogP contribution in [-0.4, -0.2) is 0 Å². The lowest BCUT2D eigenvalue weighted by Gasteiger charge is -2.33. The van der Waals surface area contributed by atoms with Crippen molar-refractivity contribution in [1.82, 2.24) is 0 Å².